The molecule has 72 valence electrons. The molecule has 0 aromatic heterocycles. The van der Waals surface area contributed by atoms with Gasteiger partial charge in [-0.15, -0.1) is 11.8 Å². The Morgan fingerprint density at radius 1 is 1.54 bits per heavy atom. The van der Waals surface area contributed by atoms with Crippen LogP contribution in [0.25, 0.3) is 0 Å². The molecule has 0 aliphatic heterocycles. The van der Waals surface area contributed by atoms with Crippen molar-refractivity contribution in [3.63, 3.8) is 0 Å². The van der Waals surface area contributed by atoms with Crippen LogP contribution >= 0.6 is 0 Å². The molecule has 0 spiro atoms. The summed E-state index contributed by atoms with van der Waals surface area (Å²) in [4.78, 5) is 21.7. The first-order valence-electron chi connectivity index (χ1n) is 3.86. The van der Waals surface area contributed by atoms with Crippen molar-refractivity contribution in [2.75, 3.05) is 7.11 Å². The lowest BCUT2D eigenvalue weighted by Gasteiger charge is -2.11. The maximum Gasteiger partial charge on any atom is 0.329 e. The van der Waals surface area contributed by atoms with Crippen molar-refractivity contribution in [1.82, 2.24) is 5.32 Å². The first-order valence-corrected chi connectivity index (χ1v) is 3.86. The Morgan fingerprint density at radius 2 is 2.15 bits per heavy atom. The molecule has 0 aromatic rings. The fraction of sp³-hybridized carbons (Fsp3) is 0.556. The third-order valence-electron chi connectivity index (χ3n) is 1.35. The Labute approximate surface area is 77.6 Å². The largest absolute Gasteiger partial charge is 0.467 e. The highest BCUT2D eigenvalue weighted by Gasteiger charge is 2.18. The fourth-order valence-corrected chi connectivity index (χ4v) is 0.785. The maximum atomic E-state index is 11.0. The Morgan fingerprint density at radius 3 is 2.54 bits per heavy atom. The van der Waals surface area contributed by atoms with Crippen molar-refractivity contribution in [3.8, 4) is 11.8 Å². The molecule has 13 heavy (non-hydrogen) atoms. The van der Waals surface area contributed by atoms with Gasteiger partial charge in [-0.05, 0) is 6.92 Å². The molecule has 1 atom stereocenters. The van der Waals surface area contributed by atoms with Crippen molar-refractivity contribution in [2.24, 2.45) is 0 Å². The minimum atomic E-state index is -0.657. The standard InChI is InChI=1S/C9H13NO3/c1-4-5-6-8(9(12)13-3)10-7(2)11/h8H,6H2,1-3H3,(H,10,11). The summed E-state index contributed by atoms with van der Waals surface area (Å²) < 4.78 is 4.49. The highest BCUT2D eigenvalue weighted by atomic mass is 16.5. The van der Waals surface area contributed by atoms with Crippen LogP contribution in [0, 0.1) is 11.8 Å². The Kier molecular flexibility index (Phi) is 5.37. The van der Waals surface area contributed by atoms with Gasteiger partial charge in [-0.1, -0.05) is 0 Å². The first kappa shape index (κ1) is 11.5. The summed E-state index contributed by atoms with van der Waals surface area (Å²) in [5.74, 6) is 4.60. The van der Waals surface area contributed by atoms with Crippen molar-refractivity contribution in [3.05, 3.63) is 0 Å². The molecule has 4 nitrogen and oxygen atoms in total. The van der Waals surface area contributed by atoms with Gasteiger partial charge in [0.05, 0.1) is 7.11 Å². The SMILES string of the molecule is CC#CCC(NC(C)=O)C(=O)OC. The summed E-state index contributed by atoms with van der Waals surface area (Å²) in [7, 11) is 1.27. The van der Waals surface area contributed by atoms with Crippen molar-refractivity contribution in [2.45, 2.75) is 26.3 Å². The van der Waals surface area contributed by atoms with Gasteiger partial charge in [0.15, 0.2) is 0 Å². The smallest absolute Gasteiger partial charge is 0.329 e. The number of hydrogen-bond acceptors (Lipinski definition) is 3. The molecule has 1 unspecified atom stereocenters. The molecule has 0 bridgehead atoms. The second kappa shape index (κ2) is 6.06. The topological polar surface area (TPSA) is 55.4 Å². The van der Waals surface area contributed by atoms with E-state index in [1.54, 1.807) is 6.92 Å². The molecule has 0 radical (unpaired) electrons. The number of esters is 1. The molecule has 0 aromatic carbocycles. The van der Waals surface area contributed by atoms with Crippen molar-refractivity contribution in [1.29, 1.82) is 0 Å². The predicted molar refractivity (Wildman–Crippen MR) is 47.7 cm³/mol. The second-order valence-corrected chi connectivity index (χ2v) is 2.41. The second-order valence-electron chi connectivity index (χ2n) is 2.41. The lowest BCUT2D eigenvalue weighted by Crippen LogP contribution is -2.40. The van der Waals surface area contributed by atoms with Crippen molar-refractivity contribution < 1.29 is 14.3 Å². The summed E-state index contributed by atoms with van der Waals surface area (Å²) in [6, 6.07) is -0.657. The van der Waals surface area contributed by atoms with Gasteiger partial charge < -0.3 is 10.1 Å². The summed E-state index contributed by atoms with van der Waals surface area (Å²) in [6.07, 6.45) is 0.281. The minimum Gasteiger partial charge on any atom is -0.467 e. The van der Waals surface area contributed by atoms with Gasteiger partial charge in [0, 0.05) is 13.3 Å². The molecule has 0 fully saturated rings. The van der Waals surface area contributed by atoms with E-state index in [9.17, 15) is 9.59 Å². The van der Waals surface area contributed by atoms with Crippen LogP contribution in [-0.2, 0) is 14.3 Å². The lowest BCUT2D eigenvalue weighted by atomic mass is 10.2. The zero-order valence-corrected chi connectivity index (χ0v) is 8.01. The normalized spacial score (nSPS) is 10.7. The van der Waals surface area contributed by atoms with Gasteiger partial charge >= 0.3 is 5.97 Å². The average molecular weight is 183 g/mol. The van der Waals surface area contributed by atoms with Gasteiger partial charge in [0.25, 0.3) is 0 Å². The van der Waals surface area contributed by atoms with E-state index in [0.717, 1.165) is 0 Å². The third-order valence-corrected chi connectivity index (χ3v) is 1.35. The van der Waals surface area contributed by atoms with Crippen LogP contribution in [-0.4, -0.2) is 25.0 Å². The van der Waals surface area contributed by atoms with Crippen LogP contribution in [0.5, 0.6) is 0 Å². The molecule has 0 aliphatic carbocycles. The van der Waals surface area contributed by atoms with Gasteiger partial charge in [-0.25, -0.2) is 4.79 Å². The molecule has 0 saturated carbocycles. The van der Waals surface area contributed by atoms with Crippen LogP contribution in [0.1, 0.15) is 20.3 Å². The average Bonchev–Trinajstić information content (AvgIpc) is 2.10. The predicted octanol–water partition coefficient (Wildman–Crippen LogP) is 0.0775. The maximum absolute atomic E-state index is 11.0. The van der Waals surface area contributed by atoms with E-state index in [2.05, 4.69) is 21.9 Å². The Balaban J connectivity index is 4.23. The molecule has 0 aliphatic rings. The molecular formula is C9H13NO3. The third kappa shape index (κ3) is 4.86. The fourth-order valence-electron chi connectivity index (χ4n) is 0.785. The number of methoxy groups -OCH3 is 1. The quantitative estimate of drug-likeness (QED) is 0.498. The van der Waals surface area contributed by atoms with Crippen LogP contribution < -0.4 is 5.32 Å². The number of nitrogens with one attached hydrogen (secondary N) is 1. The van der Waals surface area contributed by atoms with Crippen LogP contribution in [0.2, 0.25) is 0 Å². The van der Waals surface area contributed by atoms with E-state index >= 15 is 0 Å². The molecule has 0 heterocycles. The number of ether oxygens (including phenoxy) is 1. The number of amides is 1. The molecule has 1 amide bonds. The number of hydrogen-bond donors (Lipinski definition) is 1. The van der Waals surface area contributed by atoms with E-state index in [1.165, 1.54) is 14.0 Å². The van der Waals surface area contributed by atoms with Gasteiger partial charge in [-0.2, -0.15) is 0 Å². The van der Waals surface area contributed by atoms with Crippen LogP contribution in [0.4, 0.5) is 0 Å². The number of carbonyl (C=O) groups is 2. The zero-order chi connectivity index (χ0) is 10.3. The summed E-state index contributed by atoms with van der Waals surface area (Å²) in [6.45, 7) is 3.01. The highest BCUT2D eigenvalue weighted by molar-refractivity contribution is 5.83. The van der Waals surface area contributed by atoms with E-state index in [4.69, 9.17) is 0 Å². The summed E-state index contributed by atoms with van der Waals surface area (Å²) in [5, 5.41) is 2.45. The first-order chi connectivity index (χ1) is 6.11. The van der Waals surface area contributed by atoms with Gasteiger partial charge in [0.1, 0.15) is 6.04 Å². The molecule has 1 N–H and O–H groups in total. The number of carbonyl (C=O) groups excluding carboxylic acids is 2. The van der Waals surface area contributed by atoms with Crippen molar-refractivity contribution >= 4 is 11.9 Å². The van der Waals surface area contributed by atoms with Crippen LogP contribution in [0.3, 0.4) is 0 Å². The number of rotatable bonds is 3. The van der Waals surface area contributed by atoms with E-state index in [1.807, 2.05) is 0 Å². The van der Waals surface area contributed by atoms with E-state index in [0.29, 0.717) is 0 Å². The summed E-state index contributed by atoms with van der Waals surface area (Å²) >= 11 is 0. The lowest BCUT2D eigenvalue weighted by molar-refractivity contribution is -0.144. The van der Waals surface area contributed by atoms with E-state index in [-0.39, 0.29) is 12.3 Å². The van der Waals surface area contributed by atoms with Crippen LogP contribution in [0.15, 0.2) is 0 Å². The van der Waals surface area contributed by atoms with E-state index < -0.39 is 12.0 Å². The molecule has 4 heteroatoms. The highest BCUT2D eigenvalue weighted by Crippen LogP contribution is 1.93. The molecule has 0 saturated heterocycles. The minimum absolute atomic E-state index is 0.270. The monoisotopic (exact) mass is 183 g/mol. The Bertz CT molecular complexity index is 249. The Hall–Kier alpha value is -1.50. The molecular weight excluding hydrogens is 170 g/mol. The zero-order valence-electron chi connectivity index (χ0n) is 8.01. The molecule has 0 rings (SSSR count). The van der Waals surface area contributed by atoms with Gasteiger partial charge in [0.2, 0.25) is 5.91 Å². The summed E-state index contributed by atoms with van der Waals surface area (Å²) in [5.41, 5.74) is 0. The van der Waals surface area contributed by atoms with Gasteiger partial charge in [-0.3, -0.25) is 4.79 Å².